The van der Waals surface area contributed by atoms with E-state index < -0.39 is 0 Å². The van der Waals surface area contributed by atoms with E-state index >= 15 is 0 Å². The van der Waals surface area contributed by atoms with Crippen molar-refractivity contribution in [2.75, 3.05) is 6.54 Å². The third kappa shape index (κ3) is 2.83. The Balaban J connectivity index is 1.99. The van der Waals surface area contributed by atoms with Crippen molar-refractivity contribution in [2.45, 2.75) is 32.5 Å². The van der Waals surface area contributed by atoms with Crippen LogP contribution >= 0.6 is 11.6 Å². The monoisotopic (exact) mass is 317 g/mol. The number of fused-ring (bicyclic) bond motifs is 1. The lowest BCUT2D eigenvalue weighted by atomic mass is 10.0. The number of aromatic nitrogens is 1. The van der Waals surface area contributed by atoms with Crippen LogP contribution in [0.1, 0.15) is 31.1 Å². The molecule has 5 heteroatoms. The maximum atomic E-state index is 12.6. The molecule has 2 amide bonds. The van der Waals surface area contributed by atoms with Crippen LogP contribution in [0.4, 0.5) is 4.79 Å². The van der Waals surface area contributed by atoms with Gasteiger partial charge in [0.25, 0.3) is 0 Å². The van der Waals surface area contributed by atoms with Crippen LogP contribution in [0.2, 0.25) is 5.02 Å². The van der Waals surface area contributed by atoms with E-state index in [-0.39, 0.29) is 18.1 Å². The minimum atomic E-state index is -0.0835. The second-order valence-electron chi connectivity index (χ2n) is 5.88. The van der Waals surface area contributed by atoms with E-state index in [1.54, 1.807) is 0 Å². The summed E-state index contributed by atoms with van der Waals surface area (Å²) in [6, 6.07) is 11.8. The quantitative estimate of drug-likeness (QED) is 0.901. The minimum Gasteiger partial charge on any atom is -0.348 e. The third-order valence-corrected chi connectivity index (χ3v) is 4.15. The number of halogens is 1. The zero-order chi connectivity index (χ0) is 15.7. The van der Waals surface area contributed by atoms with Gasteiger partial charge in [-0.05, 0) is 43.7 Å². The highest BCUT2D eigenvalue weighted by Gasteiger charge is 2.32. The van der Waals surface area contributed by atoms with E-state index in [1.165, 1.54) is 0 Å². The number of hydrogen-bond acceptors (Lipinski definition) is 1. The van der Waals surface area contributed by atoms with Crippen LogP contribution < -0.4 is 5.32 Å². The number of nitrogens with one attached hydrogen (secondary N) is 1. The van der Waals surface area contributed by atoms with E-state index in [2.05, 4.69) is 22.1 Å². The van der Waals surface area contributed by atoms with Crippen LogP contribution in [-0.2, 0) is 6.54 Å². The molecular weight excluding hydrogens is 298 g/mol. The number of hydrogen-bond donors (Lipinski definition) is 1. The zero-order valence-corrected chi connectivity index (χ0v) is 13.5. The predicted octanol–water partition coefficient (Wildman–Crippen LogP) is 3.66. The van der Waals surface area contributed by atoms with Gasteiger partial charge in [-0.25, -0.2) is 4.79 Å². The molecule has 0 unspecified atom stereocenters. The molecule has 0 aliphatic carbocycles. The summed E-state index contributed by atoms with van der Waals surface area (Å²) >= 11 is 6.00. The summed E-state index contributed by atoms with van der Waals surface area (Å²) in [7, 11) is 0. The Morgan fingerprint density at radius 2 is 1.95 bits per heavy atom. The van der Waals surface area contributed by atoms with Gasteiger partial charge in [0.2, 0.25) is 0 Å². The molecule has 0 bridgehead atoms. The van der Waals surface area contributed by atoms with Crippen LogP contribution in [-0.4, -0.2) is 28.1 Å². The van der Waals surface area contributed by atoms with Crippen molar-refractivity contribution < 1.29 is 4.79 Å². The van der Waals surface area contributed by atoms with Crippen LogP contribution in [0.5, 0.6) is 0 Å². The van der Waals surface area contributed by atoms with Gasteiger partial charge in [0.15, 0.2) is 0 Å². The Labute approximate surface area is 135 Å². The zero-order valence-electron chi connectivity index (χ0n) is 12.8. The lowest BCUT2D eigenvalue weighted by Crippen LogP contribution is -2.48. The van der Waals surface area contributed by atoms with Crippen LogP contribution in [0.3, 0.4) is 0 Å². The maximum Gasteiger partial charge on any atom is 0.318 e. The molecule has 2 aromatic rings. The highest BCUT2D eigenvalue weighted by atomic mass is 35.5. The highest BCUT2D eigenvalue weighted by molar-refractivity contribution is 6.30. The number of carbonyl (C=O) groups is 1. The first-order chi connectivity index (χ1) is 10.6. The topological polar surface area (TPSA) is 37.3 Å². The number of nitrogens with zero attached hydrogens (tertiary/aromatic N) is 2. The first-order valence-corrected chi connectivity index (χ1v) is 7.91. The van der Waals surface area contributed by atoms with E-state index in [0.717, 1.165) is 17.8 Å². The van der Waals surface area contributed by atoms with Crippen molar-refractivity contribution >= 4 is 17.6 Å². The molecule has 1 aliphatic rings. The Hall–Kier alpha value is -1.94. The number of amides is 2. The fourth-order valence-corrected chi connectivity index (χ4v) is 3.05. The van der Waals surface area contributed by atoms with Gasteiger partial charge in [-0.3, -0.25) is 0 Å². The summed E-state index contributed by atoms with van der Waals surface area (Å²) in [6.45, 7) is 5.45. The van der Waals surface area contributed by atoms with Gasteiger partial charge in [-0.1, -0.05) is 23.7 Å². The molecule has 0 radical (unpaired) electrons. The lowest BCUT2D eigenvalue weighted by molar-refractivity contribution is 0.166. The van der Waals surface area contributed by atoms with Crippen molar-refractivity contribution in [3.8, 4) is 0 Å². The molecule has 4 nitrogen and oxygen atoms in total. The molecule has 1 atom stereocenters. The predicted molar refractivity (Wildman–Crippen MR) is 88.1 cm³/mol. The molecule has 1 aliphatic heterocycles. The Bertz CT molecular complexity index is 663. The number of benzene rings is 1. The third-order valence-electron chi connectivity index (χ3n) is 3.90. The molecule has 1 aromatic heterocycles. The van der Waals surface area contributed by atoms with E-state index in [4.69, 9.17) is 11.6 Å². The summed E-state index contributed by atoms with van der Waals surface area (Å²) in [5.74, 6) is 0. The molecule has 22 heavy (non-hydrogen) atoms. The van der Waals surface area contributed by atoms with Crippen molar-refractivity contribution in [1.82, 2.24) is 14.8 Å². The fraction of sp³-hybridized carbons (Fsp3) is 0.353. The van der Waals surface area contributed by atoms with E-state index in [0.29, 0.717) is 11.6 Å². The van der Waals surface area contributed by atoms with Crippen molar-refractivity contribution in [3.63, 3.8) is 0 Å². The maximum absolute atomic E-state index is 12.6. The smallest absolute Gasteiger partial charge is 0.318 e. The fourth-order valence-electron chi connectivity index (χ4n) is 2.93. The SMILES string of the molecule is CC(C)NC(=O)N1CCn2cccc2[C@@H]1c1ccc(Cl)cc1. The van der Waals surface area contributed by atoms with Gasteiger partial charge in [0, 0.05) is 36.0 Å². The van der Waals surface area contributed by atoms with Gasteiger partial charge in [0.05, 0.1) is 6.04 Å². The molecule has 1 aromatic carbocycles. The van der Waals surface area contributed by atoms with Gasteiger partial charge >= 0.3 is 6.03 Å². The largest absolute Gasteiger partial charge is 0.348 e. The second kappa shape index (κ2) is 6.05. The number of urea groups is 1. The van der Waals surface area contributed by atoms with Crippen molar-refractivity contribution in [3.05, 3.63) is 58.9 Å². The normalized spacial score (nSPS) is 17.5. The summed E-state index contributed by atoms with van der Waals surface area (Å²) < 4.78 is 2.21. The van der Waals surface area contributed by atoms with Gasteiger partial charge < -0.3 is 14.8 Å². The van der Waals surface area contributed by atoms with E-state index in [9.17, 15) is 4.79 Å². The molecule has 3 rings (SSSR count). The summed E-state index contributed by atoms with van der Waals surface area (Å²) in [4.78, 5) is 14.5. The lowest BCUT2D eigenvalue weighted by Gasteiger charge is -2.37. The number of carbonyl (C=O) groups excluding carboxylic acids is 1. The van der Waals surface area contributed by atoms with Crippen LogP contribution in [0.15, 0.2) is 42.6 Å². The molecule has 1 N–H and O–H groups in total. The average molecular weight is 318 g/mol. The first kappa shape index (κ1) is 15.0. The average Bonchev–Trinajstić information content (AvgIpc) is 2.95. The molecule has 0 spiro atoms. The Morgan fingerprint density at radius 1 is 1.23 bits per heavy atom. The minimum absolute atomic E-state index is 0.0256. The van der Waals surface area contributed by atoms with Gasteiger partial charge in [-0.15, -0.1) is 0 Å². The molecule has 2 heterocycles. The molecule has 0 saturated heterocycles. The molecule has 116 valence electrons. The Kier molecular flexibility index (Phi) is 4.12. The van der Waals surface area contributed by atoms with Crippen LogP contribution in [0.25, 0.3) is 0 Å². The Morgan fingerprint density at radius 3 is 2.64 bits per heavy atom. The highest BCUT2D eigenvalue weighted by Crippen LogP contribution is 2.32. The molecule has 0 saturated carbocycles. The summed E-state index contributed by atoms with van der Waals surface area (Å²) in [5, 5.41) is 3.70. The first-order valence-electron chi connectivity index (χ1n) is 7.54. The number of rotatable bonds is 2. The van der Waals surface area contributed by atoms with Crippen LogP contribution in [0, 0.1) is 0 Å². The second-order valence-corrected chi connectivity index (χ2v) is 6.31. The van der Waals surface area contributed by atoms with Crippen molar-refractivity contribution in [1.29, 1.82) is 0 Å². The van der Waals surface area contributed by atoms with E-state index in [1.807, 2.05) is 49.1 Å². The summed E-state index contributed by atoms with van der Waals surface area (Å²) in [5.41, 5.74) is 2.20. The molecular formula is C17H20ClN3O. The van der Waals surface area contributed by atoms with Gasteiger partial charge in [-0.2, -0.15) is 0 Å². The summed E-state index contributed by atoms with van der Waals surface area (Å²) in [6.07, 6.45) is 2.07. The van der Waals surface area contributed by atoms with Gasteiger partial charge in [0.1, 0.15) is 0 Å². The standard InChI is InChI=1S/C17H20ClN3O/c1-12(2)19-17(22)21-11-10-20-9-3-4-15(20)16(21)13-5-7-14(18)8-6-13/h3-9,12,16H,10-11H2,1-2H3,(H,19,22)/t16-/m0/s1. The molecule has 0 fully saturated rings. The van der Waals surface area contributed by atoms with Crippen molar-refractivity contribution in [2.24, 2.45) is 0 Å².